The maximum atomic E-state index is 12.3. The number of aromatic nitrogens is 2. The molecule has 2 rings (SSSR count). The summed E-state index contributed by atoms with van der Waals surface area (Å²) in [7, 11) is -3.63. The number of sulfonamides is 1. The summed E-state index contributed by atoms with van der Waals surface area (Å²) < 4.78 is 27.1. The first kappa shape index (κ1) is 15.4. The van der Waals surface area contributed by atoms with Gasteiger partial charge in [0.2, 0.25) is 0 Å². The lowest BCUT2D eigenvalue weighted by Crippen LogP contribution is -2.27. The molecule has 0 saturated carbocycles. The van der Waals surface area contributed by atoms with Crippen molar-refractivity contribution >= 4 is 15.7 Å². The Morgan fingerprint density at radius 3 is 2.62 bits per heavy atom. The van der Waals surface area contributed by atoms with Gasteiger partial charge in [-0.15, -0.1) is 0 Å². The second-order valence-corrected chi connectivity index (χ2v) is 6.04. The number of anilines is 1. The van der Waals surface area contributed by atoms with Crippen LogP contribution < -0.4 is 10.0 Å². The summed E-state index contributed by atoms with van der Waals surface area (Å²) in [6.45, 7) is 2.81. The van der Waals surface area contributed by atoms with Crippen molar-refractivity contribution in [3.05, 3.63) is 48.4 Å². The summed E-state index contributed by atoms with van der Waals surface area (Å²) in [6.07, 6.45) is 3.68. The Balaban J connectivity index is 2.05. The summed E-state index contributed by atoms with van der Waals surface area (Å²) in [4.78, 5) is 8.12. The van der Waals surface area contributed by atoms with Gasteiger partial charge in [0.05, 0.1) is 5.69 Å². The Morgan fingerprint density at radius 2 is 1.90 bits per heavy atom. The van der Waals surface area contributed by atoms with Crippen LogP contribution in [0.5, 0.6) is 0 Å². The van der Waals surface area contributed by atoms with E-state index in [1.165, 1.54) is 6.20 Å². The molecule has 7 heteroatoms. The molecule has 112 valence electrons. The van der Waals surface area contributed by atoms with E-state index >= 15 is 0 Å². The molecule has 2 aromatic heterocycles. The van der Waals surface area contributed by atoms with E-state index in [2.05, 4.69) is 20.0 Å². The van der Waals surface area contributed by atoms with Crippen LogP contribution in [-0.4, -0.2) is 31.5 Å². The number of nitrogens with zero attached hydrogens (tertiary/aromatic N) is 2. The topological polar surface area (TPSA) is 84.0 Å². The molecule has 0 aliphatic rings. The molecule has 0 spiro atoms. The van der Waals surface area contributed by atoms with Gasteiger partial charge < -0.3 is 5.32 Å². The van der Waals surface area contributed by atoms with Crippen LogP contribution in [0.15, 0.2) is 47.8 Å². The van der Waals surface area contributed by atoms with E-state index in [4.69, 9.17) is 0 Å². The molecule has 2 aromatic rings. The predicted octanol–water partition coefficient (Wildman–Crippen LogP) is 1.43. The van der Waals surface area contributed by atoms with Crippen molar-refractivity contribution in [2.75, 3.05) is 18.4 Å². The lowest BCUT2D eigenvalue weighted by molar-refractivity contribution is 0.578. The van der Waals surface area contributed by atoms with Crippen LogP contribution in [0.2, 0.25) is 0 Å². The largest absolute Gasteiger partial charge is 0.383 e. The van der Waals surface area contributed by atoms with Gasteiger partial charge in [0.15, 0.2) is 5.03 Å². The minimum atomic E-state index is -3.63. The third kappa shape index (κ3) is 4.24. The van der Waals surface area contributed by atoms with Crippen LogP contribution in [-0.2, 0) is 16.4 Å². The third-order valence-corrected chi connectivity index (χ3v) is 4.21. The Kier molecular flexibility index (Phi) is 5.24. The average Bonchev–Trinajstić information content (AvgIpc) is 2.49. The van der Waals surface area contributed by atoms with Crippen molar-refractivity contribution in [1.29, 1.82) is 0 Å². The lowest BCUT2D eigenvalue weighted by Gasteiger charge is -2.10. The maximum Gasteiger partial charge on any atom is 0.260 e. The van der Waals surface area contributed by atoms with Crippen molar-refractivity contribution in [1.82, 2.24) is 14.7 Å². The third-order valence-electron chi connectivity index (χ3n) is 2.79. The molecule has 2 heterocycles. The molecule has 2 N–H and O–H groups in total. The highest BCUT2D eigenvalue weighted by atomic mass is 32.2. The monoisotopic (exact) mass is 306 g/mol. The van der Waals surface area contributed by atoms with Gasteiger partial charge in [0.25, 0.3) is 10.0 Å². The second-order valence-electron chi connectivity index (χ2n) is 4.36. The highest BCUT2D eigenvalue weighted by Gasteiger charge is 2.19. The molecule has 0 aliphatic heterocycles. The zero-order valence-corrected chi connectivity index (χ0v) is 12.6. The Labute approximate surface area is 124 Å². The molecule has 0 amide bonds. The first-order valence-electron chi connectivity index (χ1n) is 6.72. The van der Waals surface area contributed by atoms with Crippen molar-refractivity contribution in [2.45, 2.75) is 18.4 Å². The number of hydrogen-bond acceptors (Lipinski definition) is 5. The summed E-state index contributed by atoms with van der Waals surface area (Å²) in [5, 5.41) is 3.02. The van der Waals surface area contributed by atoms with Gasteiger partial charge in [-0.05, 0) is 31.2 Å². The Bertz CT molecular complexity index is 674. The summed E-state index contributed by atoms with van der Waals surface area (Å²) in [5.41, 5.74) is 1.35. The molecule has 0 atom stereocenters. The van der Waals surface area contributed by atoms with Gasteiger partial charge in [-0.3, -0.25) is 4.98 Å². The van der Waals surface area contributed by atoms with Crippen molar-refractivity contribution in [2.24, 2.45) is 0 Å². The fourth-order valence-electron chi connectivity index (χ4n) is 1.86. The number of rotatable bonds is 7. The van der Waals surface area contributed by atoms with Crippen LogP contribution in [0.3, 0.4) is 0 Å². The van der Waals surface area contributed by atoms with Crippen molar-refractivity contribution in [3.63, 3.8) is 0 Å². The van der Waals surface area contributed by atoms with Crippen LogP contribution in [0.25, 0.3) is 0 Å². The van der Waals surface area contributed by atoms with Crippen LogP contribution in [0.1, 0.15) is 12.6 Å². The lowest BCUT2D eigenvalue weighted by atomic mass is 10.3. The van der Waals surface area contributed by atoms with Crippen LogP contribution >= 0.6 is 0 Å². The molecule has 21 heavy (non-hydrogen) atoms. The number of hydrogen-bond donors (Lipinski definition) is 2. The number of nitrogens with one attached hydrogen (secondary N) is 2. The molecule has 0 aliphatic carbocycles. The smallest absolute Gasteiger partial charge is 0.260 e. The standard InChI is InChI=1S/C14H18N4O2S/c1-2-15-13-7-5-10-17-14(13)21(19,20)18-11-8-12-6-3-4-9-16-12/h3-7,9-10,15,18H,2,8,11H2,1H3. The molecule has 0 fully saturated rings. The van der Waals surface area contributed by atoms with E-state index in [0.717, 1.165) is 5.69 Å². The van der Waals surface area contributed by atoms with Gasteiger partial charge >= 0.3 is 0 Å². The normalized spacial score (nSPS) is 11.3. The molecule has 0 unspecified atom stereocenters. The molecular formula is C14H18N4O2S. The van der Waals surface area contributed by atoms with Crippen LogP contribution in [0.4, 0.5) is 5.69 Å². The van der Waals surface area contributed by atoms with Gasteiger partial charge in [-0.25, -0.2) is 18.1 Å². The summed E-state index contributed by atoms with van der Waals surface area (Å²) >= 11 is 0. The molecule has 6 nitrogen and oxygen atoms in total. The molecule has 0 saturated heterocycles. The quantitative estimate of drug-likeness (QED) is 0.808. The molecule has 0 bridgehead atoms. The summed E-state index contributed by atoms with van der Waals surface area (Å²) in [5.74, 6) is 0. The molecule has 0 radical (unpaired) electrons. The molecular weight excluding hydrogens is 288 g/mol. The van der Waals surface area contributed by atoms with E-state index in [0.29, 0.717) is 18.7 Å². The highest BCUT2D eigenvalue weighted by molar-refractivity contribution is 7.89. The first-order valence-corrected chi connectivity index (χ1v) is 8.20. The predicted molar refractivity (Wildman–Crippen MR) is 81.5 cm³/mol. The zero-order valence-electron chi connectivity index (χ0n) is 11.8. The van der Waals surface area contributed by atoms with E-state index in [1.807, 2.05) is 25.1 Å². The Hall–Kier alpha value is -1.99. The maximum absolute atomic E-state index is 12.3. The van der Waals surface area contributed by atoms with Crippen molar-refractivity contribution < 1.29 is 8.42 Å². The van der Waals surface area contributed by atoms with E-state index in [9.17, 15) is 8.42 Å². The first-order chi connectivity index (χ1) is 10.1. The highest BCUT2D eigenvalue weighted by Crippen LogP contribution is 2.17. The zero-order chi connectivity index (χ0) is 15.1. The average molecular weight is 306 g/mol. The summed E-state index contributed by atoms with van der Waals surface area (Å²) in [6, 6.07) is 8.96. The Morgan fingerprint density at radius 1 is 1.10 bits per heavy atom. The fraction of sp³-hybridized carbons (Fsp3) is 0.286. The van der Waals surface area contributed by atoms with E-state index in [1.54, 1.807) is 18.3 Å². The van der Waals surface area contributed by atoms with E-state index in [-0.39, 0.29) is 11.6 Å². The fourth-order valence-corrected chi connectivity index (χ4v) is 2.99. The minimum Gasteiger partial charge on any atom is -0.383 e. The van der Waals surface area contributed by atoms with Crippen molar-refractivity contribution in [3.8, 4) is 0 Å². The minimum absolute atomic E-state index is 0.0212. The van der Waals surface area contributed by atoms with Gasteiger partial charge in [0, 0.05) is 37.6 Å². The van der Waals surface area contributed by atoms with E-state index < -0.39 is 10.0 Å². The second kappa shape index (κ2) is 7.14. The van der Waals surface area contributed by atoms with Gasteiger partial charge in [-0.2, -0.15) is 0 Å². The number of pyridine rings is 2. The van der Waals surface area contributed by atoms with Gasteiger partial charge in [-0.1, -0.05) is 6.07 Å². The van der Waals surface area contributed by atoms with Crippen LogP contribution in [0, 0.1) is 0 Å². The van der Waals surface area contributed by atoms with Gasteiger partial charge in [0.1, 0.15) is 0 Å². The molecule has 0 aromatic carbocycles. The SMILES string of the molecule is CCNc1cccnc1S(=O)(=O)NCCc1ccccn1.